The van der Waals surface area contributed by atoms with E-state index >= 15 is 0 Å². The zero-order valence-electron chi connectivity index (χ0n) is 23.2. The van der Waals surface area contributed by atoms with Crippen LogP contribution in [-0.4, -0.2) is 46.6 Å². The van der Waals surface area contributed by atoms with Crippen molar-refractivity contribution in [3.63, 3.8) is 0 Å². The number of amides is 4. The molecule has 3 aliphatic carbocycles. The van der Waals surface area contributed by atoms with E-state index in [2.05, 4.69) is 0 Å². The molecule has 3 fully saturated rings. The van der Waals surface area contributed by atoms with Crippen molar-refractivity contribution in [3.8, 4) is 0 Å². The van der Waals surface area contributed by atoms with Gasteiger partial charge in [0.05, 0.1) is 53.0 Å². The number of ether oxygens (including phenoxy) is 1. The molecule has 6 atom stereocenters. The van der Waals surface area contributed by atoms with Crippen LogP contribution in [0.5, 0.6) is 0 Å². The number of benzene rings is 2. The second kappa shape index (κ2) is 9.70. The van der Waals surface area contributed by atoms with Crippen LogP contribution in [-0.2, 0) is 28.7 Å². The Morgan fingerprint density at radius 1 is 0.791 bits per heavy atom. The quantitative estimate of drug-likeness (QED) is 0.284. The van der Waals surface area contributed by atoms with Crippen LogP contribution in [0.2, 0.25) is 0 Å². The van der Waals surface area contributed by atoms with Crippen molar-refractivity contribution in [2.45, 2.75) is 20.8 Å². The van der Waals surface area contributed by atoms with Crippen LogP contribution >= 0.6 is 0 Å². The van der Waals surface area contributed by atoms with Gasteiger partial charge in [0.25, 0.3) is 0 Å². The third kappa shape index (κ3) is 3.70. The molecule has 2 bridgehead atoms. The van der Waals surface area contributed by atoms with Crippen LogP contribution in [0, 0.1) is 45.4 Å². The average Bonchev–Trinajstić information content (AvgIpc) is 3.39. The van der Waals surface area contributed by atoms with Crippen molar-refractivity contribution >= 4 is 52.3 Å². The minimum absolute atomic E-state index is 0.0123. The fourth-order valence-corrected chi connectivity index (χ4v) is 7.78. The Hall–Kier alpha value is -4.63. The summed E-state index contributed by atoms with van der Waals surface area (Å²) in [6.45, 7) is 4.78. The Bertz CT molecular complexity index is 1500. The molecule has 0 aromatic heterocycles. The van der Waals surface area contributed by atoms with Crippen molar-refractivity contribution < 1.29 is 39.1 Å². The lowest BCUT2D eigenvalue weighted by atomic mass is 9.43. The fraction of sp³-hybridized carbons (Fsp3) is 0.345. The van der Waals surface area contributed by atoms with Gasteiger partial charge in [-0.2, -0.15) is 0 Å². The third-order valence-electron chi connectivity index (χ3n) is 9.34. The molecule has 14 nitrogen and oxygen atoms in total. The zero-order valence-corrected chi connectivity index (χ0v) is 23.2. The van der Waals surface area contributed by atoms with E-state index in [0.717, 1.165) is 9.80 Å². The van der Waals surface area contributed by atoms with Gasteiger partial charge in [0.1, 0.15) is 0 Å². The zero-order chi connectivity index (χ0) is 31.1. The number of carbonyl (C=O) groups is 5. The first kappa shape index (κ1) is 28.5. The summed E-state index contributed by atoms with van der Waals surface area (Å²) in [6, 6.07) is 10.2. The largest absolute Gasteiger partial charge is 0.733 e. The Kier molecular flexibility index (Phi) is 6.43. The molecule has 5 aliphatic rings. The lowest BCUT2D eigenvalue weighted by molar-refractivity contribution is -0.155. The van der Waals surface area contributed by atoms with Gasteiger partial charge in [-0.15, -0.1) is 0 Å². The Balaban J connectivity index is 1.49. The number of nitrogens with zero attached hydrogens (tertiary/aromatic N) is 4. The summed E-state index contributed by atoms with van der Waals surface area (Å²) in [5.41, 5.74) is -1.15. The minimum Gasteiger partial charge on any atom is -0.733 e. The molecule has 1 saturated carbocycles. The van der Waals surface area contributed by atoms with Gasteiger partial charge in [0.2, 0.25) is 23.6 Å². The molecule has 7 rings (SSSR count). The number of imide groups is 2. The van der Waals surface area contributed by atoms with Crippen LogP contribution in [0.4, 0.5) is 22.7 Å². The minimum atomic E-state index is -1.61. The topological polar surface area (TPSA) is 194 Å². The highest BCUT2D eigenvalue weighted by Gasteiger charge is 2.77. The first-order valence-electron chi connectivity index (χ1n) is 13.5. The molecule has 2 aromatic rings. The van der Waals surface area contributed by atoms with Gasteiger partial charge in [0.15, 0.2) is 0 Å². The Morgan fingerprint density at radius 2 is 1.19 bits per heavy atom. The summed E-state index contributed by atoms with van der Waals surface area (Å²) in [4.78, 5) is 71.8. The maximum absolute atomic E-state index is 14.2. The third-order valence-corrected chi connectivity index (χ3v) is 9.34. The predicted molar refractivity (Wildman–Crippen MR) is 148 cm³/mol. The summed E-state index contributed by atoms with van der Waals surface area (Å²) in [5.74, 6) is -8.85. The van der Waals surface area contributed by atoms with Gasteiger partial charge < -0.3 is 25.6 Å². The van der Waals surface area contributed by atoms with Crippen LogP contribution in [0.1, 0.15) is 20.8 Å². The Morgan fingerprint density at radius 3 is 1.53 bits per heavy atom. The molecule has 2 unspecified atom stereocenters. The van der Waals surface area contributed by atoms with Gasteiger partial charge in [-0.3, -0.25) is 39.4 Å². The molecule has 224 valence electrons. The van der Waals surface area contributed by atoms with Crippen molar-refractivity contribution in [3.05, 3.63) is 70.1 Å². The van der Waals surface area contributed by atoms with Gasteiger partial charge in [-0.05, 0) is 62.4 Å². The van der Waals surface area contributed by atoms with Crippen molar-refractivity contribution in [2.24, 2.45) is 35.0 Å². The maximum atomic E-state index is 14.2. The number of rotatable bonds is 6. The van der Waals surface area contributed by atoms with Crippen molar-refractivity contribution in [1.29, 1.82) is 0 Å². The SMILES string of the molecule is CCOC(=O)C1=C(C)C2[C@H]3C(=O)N(c4ccc(N([O-])O)cc4)C(=O)[C@H]3C1(C)[C@H]1C(=O)N(c3ccc(N([O-])O)cc3)C(=O)[C@H]21. The molecule has 2 saturated heterocycles. The summed E-state index contributed by atoms with van der Waals surface area (Å²) >= 11 is 0. The highest BCUT2D eigenvalue weighted by atomic mass is 16.8. The van der Waals surface area contributed by atoms with E-state index in [1.807, 2.05) is 0 Å². The summed E-state index contributed by atoms with van der Waals surface area (Å²) in [6.07, 6.45) is 0. The number of hydrogen-bond acceptors (Lipinski definition) is 12. The molecular formula is C29H26N4O10-2. The van der Waals surface area contributed by atoms with E-state index in [4.69, 9.17) is 4.74 Å². The molecule has 0 spiro atoms. The fourth-order valence-electron chi connectivity index (χ4n) is 7.78. The highest BCUT2D eigenvalue weighted by molar-refractivity contribution is 6.27. The lowest BCUT2D eigenvalue weighted by Gasteiger charge is -2.55. The molecule has 0 radical (unpaired) electrons. The number of carbonyl (C=O) groups excluding carboxylic acids is 5. The number of allylic oxidation sites excluding steroid dienone is 1. The van der Waals surface area contributed by atoms with Gasteiger partial charge >= 0.3 is 5.97 Å². The lowest BCUT2D eigenvalue weighted by Crippen LogP contribution is -2.61. The predicted octanol–water partition coefficient (Wildman–Crippen LogP) is 2.51. The second-order valence-electron chi connectivity index (χ2n) is 11.2. The summed E-state index contributed by atoms with van der Waals surface area (Å²) in [7, 11) is 0. The van der Waals surface area contributed by atoms with E-state index in [9.17, 15) is 44.8 Å². The summed E-state index contributed by atoms with van der Waals surface area (Å²) < 4.78 is 5.35. The molecule has 4 amide bonds. The first-order chi connectivity index (χ1) is 20.4. The van der Waals surface area contributed by atoms with E-state index in [1.165, 1.54) is 48.5 Å². The van der Waals surface area contributed by atoms with Crippen molar-refractivity contribution in [1.82, 2.24) is 0 Å². The van der Waals surface area contributed by atoms with Crippen LogP contribution in [0.25, 0.3) is 0 Å². The maximum Gasteiger partial charge on any atom is 0.334 e. The molecule has 2 aliphatic heterocycles. The monoisotopic (exact) mass is 590 g/mol. The molecule has 2 heterocycles. The van der Waals surface area contributed by atoms with Crippen LogP contribution < -0.4 is 20.3 Å². The van der Waals surface area contributed by atoms with Gasteiger partial charge in [-0.25, -0.2) is 4.79 Å². The molecule has 2 N–H and O–H groups in total. The van der Waals surface area contributed by atoms with Crippen LogP contribution in [0.3, 0.4) is 0 Å². The number of anilines is 4. The summed E-state index contributed by atoms with van der Waals surface area (Å²) in [5, 5.41) is 40.2. The molecule has 43 heavy (non-hydrogen) atoms. The van der Waals surface area contributed by atoms with Gasteiger partial charge in [0, 0.05) is 16.9 Å². The van der Waals surface area contributed by atoms with E-state index in [0.29, 0.717) is 5.57 Å². The number of hydrogen-bond donors (Lipinski definition) is 2. The first-order valence-corrected chi connectivity index (χ1v) is 13.5. The highest BCUT2D eigenvalue weighted by Crippen LogP contribution is 2.68. The Labute approximate surface area is 244 Å². The van der Waals surface area contributed by atoms with E-state index < -0.39 is 64.6 Å². The average molecular weight is 591 g/mol. The smallest absolute Gasteiger partial charge is 0.334 e. The standard InChI is InChI=1S/C29H26N4O10/c1-4-43-28(38)21-13(2)18-19-22(26(36)30(24(19)34)14-5-9-16(10-6-14)32(39)40)29(21,3)23-20(18)25(35)31(27(23)37)15-7-11-17(12-8-15)33(41)42/h5-12,18-20,22-23,39,41H,4H2,1-3H3/q-2/t18?,19-,20-,22-,23+,29?/m1/s1. The van der Waals surface area contributed by atoms with Crippen LogP contribution in [0.15, 0.2) is 59.7 Å². The second-order valence-corrected chi connectivity index (χ2v) is 11.2. The van der Waals surface area contributed by atoms with E-state index in [-0.39, 0.29) is 45.4 Å². The van der Waals surface area contributed by atoms with Gasteiger partial charge in [-0.1, -0.05) is 12.5 Å². The number of esters is 1. The molecule has 2 aromatic carbocycles. The van der Waals surface area contributed by atoms with E-state index in [1.54, 1.807) is 20.8 Å². The normalized spacial score (nSPS) is 29.3. The molecule has 14 heteroatoms. The molecular weight excluding hydrogens is 564 g/mol. The van der Waals surface area contributed by atoms with Crippen molar-refractivity contribution in [2.75, 3.05) is 26.9 Å².